The van der Waals surface area contributed by atoms with Crippen LogP contribution in [0.2, 0.25) is 0 Å². The number of carbonyl (C=O) groups is 1. The average molecular weight is 193 g/mol. The van der Waals surface area contributed by atoms with E-state index in [9.17, 15) is 4.79 Å². The van der Waals surface area contributed by atoms with Gasteiger partial charge in [0.25, 0.3) is 5.91 Å². The van der Waals surface area contributed by atoms with Crippen LogP contribution >= 0.6 is 11.3 Å². The second-order valence-corrected chi connectivity index (χ2v) is 3.56. The van der Waals surface area contributed by atoms with Crippen molar-refractivity contribution in [3.8, 4) is 0 Å². The third-order valence-electron chi connectivity index (χ3n) is 1.82. The Morgan fingerprint density at radius 3 is 3.00 bits per heavy atom. The Balaban J connectivity index is 2.54. The molecular formula is C9H7NO2S. The van der Waals surface area contributed by atoms with Gasteiger partial charge in [-0.15, -0.1) is 11.3 Å². The summed E-state index contributed by atoms with van der Waals surface area (Å²) in [4.78, 5) is 11.0. The van der Waals surface area contributed by atoms with Crippen LogP contribution < -0.4 is 5.48 Å². The Labute approximate surface area is 78.6 Å². The number of amides is 1. The van der Waals surface area contributed by atoms with E-state index in [1.165, 1.54) is 0 Å². The molecule has 3 nitrogen and oxygen atoms in total. The molecule has 1 heterocycles. The molecule has 2 N–H and O–H groups in total. The summed E-state index contributed by atoms with van der Waals surface area (Å²) in [6.07, 6.45) is 0. The van der Waals surface area contributed by atoms with Crippen molar-refractivity contribution in [1.29, 1.82) is 0 Å². The summed E-state index contributed by atoms with van der Waals surface area (Å²) in [5, 5.41) is 11.4. The fraction of sp³-hybridized carbons (Fsp3) is 0. The first-order valence-corrected chi connectivity index (χ1v) is 4.61. The van der Waals surface area contributed by atoms with Crippen molar-refractivity contribution >= 4 is 27.3 Å². The summed E-state index contributed by atoms with van der Waals surface area (Å²) in [6, 6.07) is 7.24. The highest BCUT2D eigenvalue weighted by Crippen LogP contribution is 2.21. The van der Waals surface area contributed by atoms with Gasteiger partial charge >= 0.3 is 0 Å². The molecule has 1 aromatic carbocycles. The van der Waals surface area contributed by atoms with E-state index in [1.807, 2.05) is 17.5 Å². The van der Waals surface area contributed by atoms with Crippen LogP contribution in [0.15, 0.2) is 29.6 Å². The molecule has 1 aromatic heterocycles. The summed E-state index contributed by atoms with van der Waals surface area (Å²) in [6.45, 7) is 0. The second-order valence-electron chi connectivity index (χ2n) is 2.61. The van der Waals surface area contributed by atoms with Crippen LogP contribution in [0.1, 0.15) is 10.4 Å². The van der Waals surface area contributed by atoms with Crippen molar-refractivity contribution in [3.63, 3.8) is 0 Å². The molecule has 2 aromatic rings. The van der Waals surface area contributed by atoms with Crippen molar-refractivity contribution in [2.45, 2.75) is 0 Å². The summed E-state index contributed by atoms with van der Waals surface area (Å²) in [7, 11) is 0. The van der Waals surface area contributed by atoms with E-state index in [0.29, 0.717) is 5.56 Å². The van der Waals surface area contributed by atoms with Gasteiger partial charge in [0.15, 0.2) is 0 Å². The lowest BCUT2D eigenvalue weighted by Crippen LogP contribution is -2.18. The normalized spacial score (nSPS) is 10.2. The monoisotopic (exact) mass is 193 g/mol. The summed E-state index contributed by atoms with van der Waals surface area (Å²) >= 11 is 1.62. The minimum atomic E-state index is -0.479. The molecule has 0 saturated heterocycles. The van der Waals surface area contributed by atoms with Gasteiger partial charge in [0.2, 0.25) is 0 Å². The molecule has 66 valence electrons. The number of hydrogen-bond acceptors (Lipinski definition) is 3. The Hall–Kier alpha value is -1.39. The molecular weight excluding hydrogens is 186 g/mol. The lowest BCUT2D eigenvalue weighted by Gasteiger charge is -1.97. The first kappa shape index (κ1) is 8.22. The zero-order valence-corrected chi connectivity index (χ0v) is 7.47. The van der Waals surface area contributed by atoms with Crippen LogP contribution in [-0.4, -0.2) is 11.1 Å². The van der Waals surface area contributed by atoms with Gasteiger partial charge in [0.05, 0.1) is 0 Å². The fourth-order valence-electron chi connectivity index (χ4n) is 1.17. The topological polar surface area (TPSA) is 49.3 Å². The van der Waals surface area contributed by atoms with Gasteiger partial charge in [0, 0.05) is 10.3 Å². The maximum absolute atomic E-state index is 11.0. The van der Waals surface area contributed by atoms with Crippen molar-refractivity contribution in [3.05, 3.63) is 35.2 Å². The quantitative estimate of drug-likeness (QED) is 0.537. The van der Waals surface area contributed by atoms with Crippen LogP contribution in [0, 0.1) is 0 Å². The number of hydroxylamine groups is 1. The largest absolute Gasteiger partial charge is 0.288 e. The Kier molecular flexibility index (Phi) is 2.00. The van der Waals surface area contributed by atoms with E-state index in [0.717, 1.165) is 10.1 Å². The Morgan fingerprint density at radius 2 is 2.23 bits per heavy atom. The third-order valence-corrected chi connectivity index (χ3v) is 2.71. The fourth-order valence-corrected chi connectivity index (χ4v) is 1.94. The van der Waals surface area contributed by atoms with Gasteiger partial charge in [-0.25, -0.2) is 5.48 Å². The SMILES string of the molecule is O=C(NO)c1ccc2sccc2c1. The Morgan fingerprint density at radius 1 is 1.38 bits per heavy atom. The van der Waals surface area contributed by atoms with Gasteiger partial charge in [-0.2, -0.15) is 0 Å². The molecule has 0 spiro atoms. The molecule has 0 aliphatic carbocycles. The molecule has 0 radical (unpaired) electrons. The molecule has 0 saturated carbocycles. The van der Waals surface area contributed by atoms with E-state index in [1.54, 1.807) is 28.9 Å². The van der Waals surface area contributed by atoms with Crippen molar-refractivity contribution in [2.24, 2.45) is 0 Å². The summed E-state index contributed by atoms with van der Waals surface area (Å²) < 4.78 is 1.13. The first-order chi connectivity index (χ1) is 6.31. The number of thiophene rings is 1. The highest BCUT2D eigenvalue weighted by atomic mass is 32.1. The predicted octanol–water partition coefficient (Wildman–Crippen LogP) is 2.02. The number of benzene rings is 1. The van der Waals surface area contributed by atoms with Crippen molar-refractivity contribution < 1.29 is 10.0 Å². The molecule has 4 heteroatoms. The molecule has 0 aliphatic rings. The molecule has 0 fully saturated rings. The van der Waals surface area contributed by atoms with E-state index in [4.69, 9.17) is 5.21 Å². The van der Waals surface area contributed by atoms with Crippen LogP contribution in [0.4, 0.5) is 0 Å². The summed E-state index contributed by atoms with van der Waals surface area (Å²) in [5.74, 6) is -0.479. The highest BCUT2D eigenvalue weighted by Gasteiger charge is 2.04. The number of carbonyl (C=O) groups excluding carboxylic acids is 1. The van der Waals surface area contributed by atoms with Gasteiger partial charge in [-0.05, 0) is 35.0 Å². The lowest BCUT2D eigenvalue weighted by atomic mass is 10.1. The van der Waals surface area contributed by atoms with E-state index in [2.05, 4.69) is 0 Å². The van der Waals surface area contributed by atoms with Crippen LogP contribution in [0.5, 0.6) is 0 Å². The summed E-state index contributed by atoms with van der Waals surface area (Å²) in [5.41, 5.74) is 2.07. The Bertz CT molecular complexity index is 450. The zero-order valence-electron chi connectivity index (χ0n) is 6.65. The number of fused-ring (bicyclic) bond motifs is 1. The molecule has 0 aliphatic heterocycles. The maximum atomic E-state index is 11.0. The minimum absolute atomic E-state index is 0.466. The van der Waals surface area contributed by atoms with Gasteiger partial charge < -0.3 is 0 Å². The second kappa shape index (κ2) is 3.16. The first-order valence-electron chi connectivity index (χ1n) is 3.73. The molecule has 2 rings (SSSR count). The predicted molar refractivity (Wildman–Crippen MR) is 51.1 cm³/mol. The smallest absolute Gasteiger partial charge is 0.274 e. The number of rotatable bonds is 1. The van der Waals surface area contributed by atoms with Gasteiger partial charge in [-0.1, -0.05) is 0 Å². The van der Waals surface area contributed by atoms with Crippen LogP contribution in [0.3, 0.4) is 0 Å². The number of nitrogens with one attached hydrogen (secondary N) is 1. The van der Waals surface area contributed by atoms with E-state index in [-0.39, 0.29) is 0 Å². The molecule has 1 amide bonds. The number of hydrogen-bond donors (Lipinski definition) is 2. The molecule has 0 bridgehead atoms. The minimum Gasteiger partial charge on any atom is -0.288 e. The van der Waals surface area contributed by atoms with E-state index >= 15 is 0 Å². The van der Waals surface area contributed by atoms with E-state index < -0.39 is 5.91 Å². The van der Waals surface area contributed by atoms with Gasteiger partial charge in [-0.3, -0.25) is 10.0 Å². The van der Waals surface area contributed by atoms with Crippen LogP contribution in [0.25, 0.3) is 10.1 Å². The van der Waals surface area contributed by atoms with Gasteiger partial charge in [0.1, 0.15) is 0 Å². The van der Waals surface area contributed by atoms with Crippen molar-refractivity contribution in [1.82, 2.24) is 5.48 Å². The standard InChI is InChI=1S/C9H7NO2S/c11-9(10-12)7-1-2-8-6(5-7)3-4-13-8/h1-5,12H,(H,10,11). The average Bonchev–Trinajstić information content (AvgIpc) is 2.63. The maximum Gasteiger partial charge on any atom is 0.274 e. The molecule has 0 unspecified atom stereocenters. The lowest BCUT2D eigenvalue weighted by molar-refractivity contribution is 0.0706. The molecule has 13 heavy (non-hydrogen) atoms. The third kappa shape index (κ3) is 1.41. The van der Waals surface area contributed by atoms with Crippen molar-refractivity contribution in [2.75, 3.05) is 0 Å². The molecule has 0 atom stereocenters. The van der Waals surface area contributed by atoms with Crippen LogP contribution in [-0.2, 0) is 0 Å². The zero-order chi connectivity index (χ0) is 9.26. The highest BCUT2D eigenvalue weighted by molar-refractivity contribution is 7.17.